The van der Waals surface area contributed by atoms with Crippen LogP contribution in [0.5, 0.6) is 5.75 Å². The normalized spacial score (nSPS) is 11.6. The third-order valence-electron chi connectivity index (χ3n) is 2.81. The van der Waals surface area contributed by atoms with Gasteiger partial charge in [0.05, 0.1) is 5.69 Å². The summed E-state index contributed by atoms with van der Waals surface area (Å²) in [6.45, 7) is 4.67. The lowest BCUT2D eigenvalue weighted by molar-refractivity contribution is 0.386. The second kappa shape index (κ2) is 3.79. The van der Waals surface area contributed by atoms with Gasteiger partial charge in [0.1, 0.15) is 0 Å². The highest BCUT2D eigenvalue weighted by Crippen LogP contribution is 2.25. The van der Waals surface area contributed by atoms with Gasteiger partial charge in [0.2, 0.25) is 0 Å². The van der Waals surface area contributed by atoms with Crippen LogP contribution in [-0.2, 0) is 6.54 Å². The van der Waals surface area contributed by atoms with Gasteiger partial charge in [-0.25, -0.2) is 4.98 Å². The number of imidazole rings is 1. The van der Waals surface area contributed by atoms with Crippen LogP contribution in [0.1, 0.15) is 17.0 Å². The minimum atomic E-state index is 0.285. The van der Waals surface area contributed by atoms with Gasteiger partial charge in [-0.05, 0) is 34.0 Å². The summed E-state index contributed by atoms with van der Waals surface area (Å²) in [4.78, 5) is 6.40. The quantitative estimate of drug-likeness (QED) is 0.836. The number of aryl methyl sites for hydroxylation is 2. The van der Waals surface area contributed by atoms with Crippen LogP contribution < -0.4 is 0 Å². The first-order chi connectivity index (χ1) is 7.50. The van der Waals surface area contributed by atoms with Crippen molar-refractivity contribution in [2.24, 2.45) is 0 Å². The van der Waals surface area contributed by atoms with Crippen molar-refractivity contribution in [2.75, 3.05) is 14.1 Å². The van der Waals surface area contributed by atoms with E-state index in [0.29, 0.717) is 12.2 Å². The van der Waals surface area contributed by atoms with Gasteiger partial charge in [0.25, 0.3) is 0 Å². The average Bonchev–Trinajstić information content (AvgIpc) is 2.49. The Kier molecular flexibility index (Phi) is 2.59. The summed E-state index contributed by atoms with van der Waals surface area (Å²) in [6.07, 6.45) is 1.96. The SMILES string of the molecule is Cc1nc2c(O)c(CN(C)C)ccn2c1C. The summed E-state index contributed by atoms with van der Waals surface area (Å²) in [5.41, 5.74) is 3.58. The van der Waals surface area contributed by atoms with Crippen molar-refractivity contribution in [3.8, 4) is 5.75 Å². The highest BCUT2D eigenvalue weighted by molar-refractivity contribution is 5.58. The summed E-state index contributed by atoms with van der Waals surface area (Å²) in [6, 6.07) is 1.94. The predicted molar refractivity (Wildman–Crippen MR) is 63.7 cm³/mol. The van der Waals surface area contributed by atoms with E-state index in [1.165, 1.54) is 0 Å². The molecule has 0 aliphatic rings. The predicted octanol–water partition coefficient (Wildman–Crippen LogP) is 1.72. The minimum Gasteiger partial charge on any atom is -0.504 e. The molecule has 0 saturated heterocycles. The molecule has 0 aliphatic heterocycles. The molecule has 0 radical (unpaired) electrons. The molecule has 0 saturated carbocycles. The van der Waals surface area contributed by atoms with E-state index in [9.17, 15) is 5.11 Å². The molecule has 0 aliphatic carbocycles. The molecule has 2 rings (SSSR count). The Morgan fingerprint density at radius 2 is 2.06 bits per heavy atom. The zero-order valence-electron chi connectivity index (χ0n) is 10.2. The van der Waals surface area contributed by atoms with Crippen molar-refractivity contribution in [2.45, 2.75) is 20.4 Å². The molecule has 0 fully saturated rings. The van der Waals surface area contributed by atoms with E-state index in [2.05, 4.69) is 4.98 Å². The van der Waals surface area contributed by atoms with Gasteiger partial charge in [0, 0.05) is 24.0 Å². The first-order valence-electron chi connectivity index (χ1n) is 5.31. The molecule has 86 valence electrons. The second-order valence-corrected chi connectivity index (χ2v) is 4.40. The molecule has 4 heteroatoms. The lowest BCUT2D eigenvalue weighted by Gasteiger charge is -2.11. The Labute approximate surface area is 95.1 Å². The second-order valence-electron chi connectivity index (χ2n) is 4.40. The molecule has 0 aromatic carbocycles. The molecule has 16 heavy (non-hydrogen) atoms. The van der Waals surface area contributed by atoms with Crippen LogP contribution in [0, 0.1) is 13.8 Å². The van der Waals surface area contributed by atoms with E-state index in [0.717, 1.165) is 17.0 Å². The fourth-order valence-electron chi connectivity index (χ4n) is 1.83. The number of hydrogen-bond acceptors (Lipinski definition) is 3. The minimum absolute atomic E-state index is 0.285. The van der Waals surface area contributed by atoms with Crippen LogP contribution in [0.25, 0.3) is 5.65 Å². The number of rotatable bonds is 2. The Balaban J connectivity index is 2.61. The molecular formula is C12H17N3O. The summed E-state index contributed by atoms with van der Waals surface area (Å²) in [5, 5.41) is 10.1. The van der Waals surface area contributed by atoms with Gasteiger partial charge in [-0.3, -0.25) is 0 Å². The number of nitrogens with zero attached hydrogens (tertiary/aromatic N) is 3. The third-order valence-corrected chi connectivity index (χ3v) is 2.81. The number of aromatic hydroxyl groups is 1. The molecule has 1 N–H and O–H groups in total. The van der Waals surface area contributed by atoms with Crippen molar-refractivity contribution in [3.63, 3.8) is 0 Å². The van der Waals surface area contributed by atoms with Crippen LogP contribution in [0.4, 0.5) is 0 Å². The highest BCUT2D eigenvalue weighted by Gasteiger charge is 2.12. The largest absolute Gasteiger partial charge is 0.504 e. The van der Waals surface area contributed by atoms with Crippen molar-refractivity contribution < 1.29 is 5.11 Å². The van der Waals surface area contributed by atoms with Crippen molar-refractivity contribution in [1.29, 1.82) is 0 Å². The Bertz CT molecular complexity index is 529. The van der Waals surface area contributed by atoms with Crippen molar-refractivity contribution >= 4 is 5.65 Å². The molecule has 0 amide bonds. The zero-order valence-corrected chi connectivity index (χ0v) is 10.2. The van der Waals surface area contributed by atoms with E-state index >= 15 is 0 Å². The van der Waals surface area contributed by atoms with E-state index < -0.39 is 0 Å². The summed E-state index contributed by atoms with van der Waals surface area (Å²) >= 11 is 0. The monoisotopic (exact) mass is 219 g/mol. The van der Waals surface area contributed by atoms with Gasteiger partial charge in [0.15, 0.2) is 11.4 Å². The summed E-state index contributed by atoms with van der Waals surface area (Å²) < 4.78 is 1.92. The van der Waals surface area contributed by atoms with Crippen molar-refractivity contribution in [3.05, 3.63) is 29.2 Å². The maximum absolute atomic E-state index is 10.1. The molecule has 0 bridgehead atoms. The molecule has 2 aromatic rings. The molecule has 0 atom stereocenters. The van der Waals surface area contributed by atoms with Gasteiger partial charge in [-0.15, -0.1) is 0 Å². The van der Waals surface area contributed by atoms with Gasteiger partial charge < -0.3 is 14.4 Å². The summed E-state index contributed by atoms with van der Waals surface area (Å²) in [5.74, 6) is 0.285. The Hall–Kier alpha value is -1.55. The highest BCUT2D eigenvalue weighted by atomic mass is 16.3. The van der Waals surface area contributed by atoms with Crippen LogP contribution in [0.2, 0.25) is 0 Å². The fraction of sp³-hybridized carbons (Fsp3) is 0.417. The first-order valence-corrected chi connectivity index (χ1v) is 5.31. The van der Waals surface area contributed by atoms with Gasteiger partial charge in [-0.1, -0.05) is 0 Å². The van der Waals surface area contributed by atoms with E-state index in [4.69, 9.17) is 0 Å². The maximum atomic E-state index is 10.1. The molecule has 2 aromatic heterocycles. The number of pyridine rings is 1. The number of fused-ring (bicyclic) bond motifs is 1. The molecule has 0 unspecified atom stereocenters. The molecule has 2 heterocycles. The molecule has 0 spiro atoms. The zero-order chi connectivity index (χ0) is 11.9. The topological polar surface area (TPSA) is 40.8 Å². The lowest BCUT2D eigenvalue weighted by Crippen LogP contribution is -2.11. The maximum Gasteiger partial charge on any atom is 0.180 e. The fourth-order valence-corrected chi connectivity index (χ4v) is 1.83. The Morgan fingerprint density at radius 3 is 2.69 bits per heavy atom. The molecular weight excluding hydrogens is 202 g/mol. The van der Waals surface area contributed by atoms with E-state index in [-0.39, 0.29) is 5.75 Å². The van der Waals surface area contributed by atoms with Gasteiger partial charge in [-0.2, -0.15) is 0 Å². The van der Waals surface area contributed by atoms with Gasteiger partial charge >= 0.3 is 0 Å². The van der Waals surface area contributed by atoms with E-state index in [1.54, 1.807) is 0 Å². The smallest absolute Gasteiger partial charge is 0.180 e. The number of hydrogen-bond donors (Lipinski definition) is 1. The van der Waals surface area contributed by atoms with Crippen LogP contribution in [0.15, 0.2) is 12.3 Å². The van der Waals surface area contributed by atoms with Crippen LogP contribution >= 0.6 is 0 Å². The van der Waals surface area contributed by atoms with E-state index in [1.807, 2.05) is 49.5 Å². The molecule has 4 nitrogen and oxygen atoms in total. The van der Waals surface area contributed by atoms with Crippen molar-refractivity contribution in [1.82, 2.24) is 14.3 Å². The first kappa shape index (κ1) is 11.0. The standard InChI is InChI=1S/C12H17N3O/c1-8-9(2)15-6-5-10(7-14(3)4)11(16)12(15)13-8/h5-6,16H,7H2,1-4H3. The Morgan fingerprint density at radius 1 is 1.38 bits per heavy atom. The van der Waals surface area contributed by atoms with Crippen LogP contribution in [-0.4, -0.2) is 33.5 Å². The lowest BCUT2D eigenvalue weighted by atomic mass is 10.2. The third kappa shape index (κ3) is 1.65. The summed E-state index contributed by atoms with van der Waals surface area (Å²) in [7, 11) is 3.96. The van der Waals surface area contributed by atoms with Crippen LogP contribution in [0.3, 0.4) is 0 Å². The number of aromatic nitrogens is 2. The average molecular weight is 219 g/mol.